The third-order valence-electron chi connectivity index (χ3n) is 5.50. The number of nitrogens with two attached hydrogens (primary N) is 2. The molecule has 7 heteroatoms. The molecule has 0 spiro atoms. The predicted molar refractivity (Wildman–Crippen MR) is 96.0 cm³/mol. The van der Waals surface area contributed by atoms with E-state index in [1.807, 2.05) is 6.92 Å². The van der Waals surface area contributed by atoms with Gasteiger partial charge in [0.15, 0.2) is 5.76 Å². The fourth-order valence-corrected chi connectivity index (χ4v) is 3.75. The SMILES string of the molecule is Cc1noc(-c2nc(C3(N)CCC(N)CC3)ncc2Cl)c1CC1CC1. The van der Waals surface area contributed by atoms with Gasteiger partial charge in [-0.05, 0) is 57.8 Å². The van der Waals surface area contributed by atoms with Crippen molar-refractivity contribution >= 4 is 11.6 Å². The fraction of sp³-hybridized carbons (Fsp3) is 0.611. The summed E-state index contributed by atoms with van der Waals surface area (Å²) in [5.74, 6) is 2.00. The maximum Gasteiger partial charge on any atom is 0.190 e. The first kappa shape index (κ1) is 16.9. The molecule has 0 radical (unpaired) electrons. The monoisotopic (exact) mass is 361 g/mol. The lowest BCUT2D eigenvalue weighted by Crippen LogP contribution is -2.44. The Labute approximate surface area is 152 Å². The van der Waals surface area contributed by atoms with Crippen molar-refractivity contribution in [1.82, 2.24) is 15.1 Å². The van der Waals surface area contributed by atoms with E-state index in [9.17, 15) is 0 Å². The second kappa shape index (κ2) is 6.34. The lowest BCUT2D eigenvalue weighted by molar-refractivity contribution is 0.264. The van der Waals surface area contributed by atoms with Crippen molar-refractivity contribution in [2.75, 3.05) is 0 Å². The Morgan fingerprint density at radius 3 is 2.68 bits per heavy atom. The number of rotatable bonds is 4. The summed E-state index contributed by atoms with van der Waals surface area (Å²) in [6.07, 6.45) is 8.43. The van der Waals surface area contributed by atoms with Crippen molar-refractivity contribution < 1.29 is 4.52 Å². The molecule has 0 aromatic carbocycles. The molecule has 6 nitrogen and oxygen atoms in total. The molecule has 2 heterocycles. The molecule has 0 amide bonds. The zero-order chi connectivity index (χ0) is 17.6. The van der Waals surface area contributed by atoms with E-state index >= 15 is 0 Å². The minimum Gasteiger partial charge on any atom is -0.354 e. The van der Waals surface area contributed by atoms with Crippen LogP contribution in [0, 0.1) is 12.8 Å². The van der Waals surface area contributed by atoms with Crippen LogP contribution in [0.5, 0.6) is 0 Å². The van der Waals surface area contributed by atoms with Gasteiger partial charge >= 0.3 is 0 Å². The summed E-state index contributed by atoms with van der Waals surface area (Å²) in [7, 11) is 0. The largest absolute Gasteiger partial charge is 0.354 e. The normalized spacial score (nSPS) is 26.8. The number of aryl methyl sites for hydroxylation is 1. The second-order valence-corrected chi connectivity index (χ2v) is 8.01. The van der Waals surface area contributed by atoms with E-state index in [1.54, 1.807) is 6.20 Å². The molecule has 2 aliphatic rings. The van der Waals surface area contributed by atoms with Gasteiger partial charge in [-0.3, -0.25) is 0 Å². The summed E-state index contributed by atoms with van der Waals surface area (Å²) in [6, 6.07) is 0.213. The summed E-state index contributed by atoms with van der Waals surface area (Å²) >= 11 is 6.40. The van der Waals surface area contributed by atoms with E-state index in [2.05, 4.69) is 10.1 Å². The number of halogens is 1. The summed E-state index contributed by atoms with van der Waals surface area (Å²) in [5.41, 5.74) is 14.7. The van der Waals surface area contributed by atoms with Gasteiger partial charge in [0.05, 0.1) is 22.5 Å². The highest BCUT2D eigenvalue weighted by Crippen LogP contribution is 2.39. The lowest BCUT2D eigenvalue weighted by Gasteiger charge is -2.34. The summed E-state index contributed by atoms with van der Waals surface area (Å²) in [6.45, 7) is 1.97. The third-order valence-corrected chi connectivity index (χ3v) is 5.78. The van der Waals surface area contributed by atoms with E-state index in [0.29, 0.717) is 22.3 Å². The molecule has 134 valence electrons. The molecule has 2 fully saturated rings. The van der Waals surface area contributed by atoms with Crippen molar-refractivity contribution in [1.29, 1.82) is 0 Å². The van der Waals surface area contributed by atoms with Crippen LogP contribution in [-0.4, -0.2) is 21.2 Å². The predicted octanol–water partition coefficient (Wildman–Crippen LogP) is 3.10. The molecule has 2 aromatic rings. The van der Waals surface area contributed by atoms with E-state index < -0.39 is 5.54 Å². The lowest BCUT2D eigenvalue weighted by atomic mass is 9.80. The Morgan fingerprint density at radius 1 is 1.28 bits per heavy atom. The first-order valence-corrected chi connectivity index (χ1v) is 9.37. The summed E-state index contributed by atoms with van der Waals surface area (Å²) in [4.78, 5) is 9.15. The highest BCUT2D eigenvalue weighted by Gasteiger charge is 2.36. The Bertz CT molecular complexity index is 778. The third kappa shape index (κ3) is 3.30. The highest BCUT2D eigenvalue weighted by atomic mass is 35.5. The van der Waals surface area contributed by atoms with Gasteiger partial charge in [0.2, 0.25) is 0 Å². The number of hydrogen-bond donors (Lipinski definition) is 2. The van der Waals surface area contributed by atoms with Gasteiger partial charge in [0.25, 0.3) is 0 Å². The van der Waals surface area contributed by atoms with Crippen LogP contribution < -0.4 is 11.5 Å². The molecule has 4 rings (SSSR count). The average molecular weight is 362 g/mol. The standard InChI is InChI=1S/C18H24ClN5O/c1-10-13(8-11-2-3-11)16(25-24-10)15-14(19)9-22-17(23-15)18(21)6-4-12(20)5-7-18/h9,11-12H,2-8,20-21H2,1H3. The van der Waals surface area contributed by atoms with Crippen molar-refractivity contribution in [3.05, 3.63) is 28.3 Å². The van der Waals surface area contributed by atoms with Crippen molar-refractivity contribution in [3.63, 3.8) is 0 Å². The van der Waals surface area contributed by atoms with Gasteiger partial charge in [-0.1, -0.05) is 16.8 Å². The Kier molecular flexibility index (Phi) is 4.30. The summed E-state index contributed by atoms with van der Waals surface area (Å²) in [5, 5.41) is 4.61. The van der Waals surface area contributed by atoms with Crippen molar-refractivity contribution in [2.45, 2.75) is 63.5 Å². The van der Waals surface area contributed by atoms with Gasteiger partial charge in [0.1, 0.15) is 11.5 Å². The van der Waals surface area contributed by atoms with Crippen LogP contribution in [0.25, 0.3) is 11.5 Å². The Hall–Kier alpha value is -1.50. The number of nitrogens with zero attached hydrogens (tertiary/aromatic N) is 3. The minimum absolute atomic E-state index is 0.213. The molecular weight excluding hydrogens is 338 g/mol. The number of hydrogen-bond acceptors (Lipinski definition) is 6. The van der Waals surface area contributed by atoms with E-state index in [4.69, 9.17) is 32.6 Å². The molecule has 0 saturated heterocycles. The molecule has 0 unspecified atom stereocenters. The van der Waals surface area contributed by atoms with Gasteiger partial charge in [-0.15, -0.1) is 0 Å². The van der Waals surface area contributed by atoms with Crippen LogP contribution in [0.3, 0.4) is 0 Å². The van der Waals surface area contributed by atoms with Crippen LogP contribution in [0.2, 0.25) is 5.02 Å². The van der Waals surface area contributed by atoms with E-state index in [0.717, 1.165) is 49.3 Å². The van der Waals surface area contributed by atoms with Crippen molar-refractivity contribution in [3.8, 4) is 11.5 Å². The Morgan fingerprint density at radius 2 is 2.00 bits per heavy atom. The number of aromatic nitrogens is 3. The van der Waals surface area contributed by atoms with Crippen LogP contribution in [0.1, 0.15) is 55.6 Å². The van der Waals surface area contributed by atoms with Gasteiger partial charge in [-0.2, -0.15) is 0 Å². The zero-order valence-electron chi connectivity index (χ0n) is 14.5. The second-order valence-electron chi connectivity index (χ2n) is 7.61. The van der Waals surface area contributed by atoms with E-state index in [1.165, 1.54) is 12.8 Å². The van der Waals surface area contributed by atoms with Crippen molar-refractivity contribution in [2.24, 2.45) is 17.4 Å². The molecule has 0 bridgehead atoms. The molecule has 0 atom stereocenters. The van der Waals surface area contributed by atoms with Gasteiger partial charge in [0, 0.05) is 11.6 Å². The van der Waals surface area contributed by atoms with Crippen LogP contribution >= 0.6 is 11.6 Å². The van der Waals surface area contributed by atoms with Crippen LogP contribution in [0.15, 0.2) is 10.7 Å². The van der Waals surface area contributed by atoms with Gasteiger partial charge in [-0.25, -0.2) is 9.97 Å². The maximum atomic E-state index is 6.60. The molecular formula is C18H24ClN5O. The van der Waals surface area contributed by atoms with E-state index in [-0.39, 0.29) is 6.04 Å². The zero-order valence-corrected chi connectivity index (χ0v) is 15.2. The smallest absolute Gasteiger partial charge is 0.190 e. The maximum absolute atomic E-state index is 6.60. The first-order valence-electron chi connectivity index (χ1n) is 8.99. The molecule has 2 aliphatic carbocycles. The molecule has 25 heavy (non-hydrogen) atoms. The fourth-order valence-electron chi connectivity index (χ4n) is 3.57. The van der Waals surface area contributed by atoms with Crippen LogP contribution in [-0.2, 0) is 12.0 Å². The summed E-state index contributed by atoms with van der Waals surface area (Å²) < 4.78 is 5.60. The first-order chi connectivity index (χ1) is 12.0. The highest BCUT2D eigenvalue weighted by molar-refractivity contribution is 6.32. The van der Waals surface area contributed by atoms with Crippen LogP contribution in [0.4, 0.5) is 0 Å². The molecule has 0 aliphatic heterocycles. The average Bonchev–Trinajstić information content (AvgIpc) is 3.35. The van der Waals surface area contributed by atoms with Gasteiger partial charge < -0.3 is 16.0 Å². The quantitative estimate of drug-likeness (QED) is 0.867. The molecule has 2 saturated carbocycles. The Balaban J connectivity index is 1.71. The molecule has 2 aromatic heterocycles. The minimum atomic E-state index is -0.555. The topological polar surface area (TPSA) is 104 Å². The molecule has 4 N–H and O–H groups in total.